The lowest BCUT2D eigenvalue weighted by molar-refractivity contribution is 0.569. The van der Waals surface area contributed by atoms with Crippen LogP contribution in [-0.4, -0.2) is 29.6 Å². The summed E-state index contributed by atoms with van der Waals surface area (Å²) in [5.41, 5.74) is 1.61. The largest absolute Gasteiger partial charge is 0.385 e. The Morgan fingerprint density at radius 1 is 0.606 bits per heavy atom. The Morgan fingerprint density at radius 3 is 1.58 bits per heavy atom. The van der Waals surface area contributed by atoms with Crippen LogP contribution >= 0.6 is 0 Å². The van der Waals surface area contributed by atoms with Crippen LogP contribution in [0.25, 0.3) is 0 Å². The first kappa shape index (κ1) is 27.0. The van der Waals surface area contributed by atoms with Crippen LogP contribution in [-0.2, 0) is 20.0 Å². The van der Waals surface area contributed by atoms with E-state index in [1.165, 1.54) is 75.6 Å². The summed E-state index contributed by atoms with van der Waals surface area (Å²) in [5.74, 6) is 0. The van der Waals surface area contributed by atoms with Crippen molar-refractivity contribution in [2.75, 3.05) is 27.6 Å². The van der Waals surface area contributed by atoms with E-state index in [9.17, 15) is 16.8 Å². The molecule has 0 unspecified atom stereocenters. The molecule has 33 heavy (non-hydrogen) atoms. The summed E-state index contributed by atoms with van der Waals surface area (Å²) in [5, 5.41) is 3.35. The minimum Gasteiger partial charge on any atom is -0.385 e. The van der Waals surface area contributed by atoms with E-state index in [-0.39, 0.29) is 4.90 Å². The molecule has 0 fully saturated rings. The first-order chi connectivity index (χ1) is 15.7. The van der Waals surface area contributed by atoms with Crippen molar-refractivity contribution >= 4 is 37.1 Å². The minimum atomic E-state index is -3.74. The normalized spacial score (nSPS) is 11.8. The van der Waals surface area contributed by atoms with E-state index < -0.39 is 20.0 Å². The molecule has 3 N–H and O–H groups in total. The molecule has 0 saturated carbocycles. The maximum atomic E-state index is 12.6. The molecule has 0 bridgehead atoms. The van der Waals surface area contributed by atoms with E-state index in [1.54, 1.807) is 24.3 Å². The molecule has 0 aliphatic carbocycles. The van der Waals surface area contributed by atoms with Crippen LogP contribution in [0.1, 0.15) is 64.7 Å². The van der Waals surface area contributed by atoms with E-state index in [2.05, 4.69) is 21.7 Å². The molecule has 0 radical (unpaired) electrons. The molecule has 0 aliphatic heterocycles. The molecule has 9 heteroatoms. The molecule has 0 aromatic heterocycles. The van der Waals surface area contributed by atoms with Crippen molar-refractivity contribution in [1.82, 2.24) is 0 Å². The molecule has 0 atom stereocenters. The maximum absolute atomic E-state index is 12.6. The molecular formula is C24H37N3O4S2. The van der Waals surface area contributed by atoms with Crippen LogP contribution in [0.2, 0.25) is 0 Å². The summed E-state index contributed by atoms with van der Waals surface area (Å²) in [6.07, 6.45) is 12.6. The van der Waals surface area contributed by atoms with Gasteiger partial charge in [-0.05, 0) is 55.0 Å². The summed E-state index contributed by atoms with van der Waals surface area (Å²) < 4.78 is 52.6. The van der Waals surface area contributed by atoms with Crippen LogP contribution < -0.4 is 14.8 Å². The quantitative estimate of drug-likeness (QED) is 0.255. The Bertz CT molecular complexity index is 1040. The first-order valence-electron chi connectivity index (χ1n) is 11.6. The van der Waals surface area contributed by atoms with Gasteiger partial charge in [-0.3, -0.25) is 9.44 Å². The Labute approximate surface area is 199 Å². The first-order valence-corrected chi connectivity index (χ1v) is 15.0. The average Bonchev–Trinajstić information content (AvgIpc) is 2.75. The second-order valence-corrected chi connectivity index (χ2v) is 11.8. The number of hydrogen-bond acceptors (Lipinski definition) is 5. The second kappa shape index (κ2) is 13.4. The highest BCUT2D eigenvalue weighted by Gasteiger charge is 2.14. The van der Waals surface area contributed by atoms with Crippen molar-refractivity contribution in [3.8, 4) is 0 Å². The molecular weight excluding hydrogens is 458 g/mol. The topological polar surface area (TPSA) is 104 Å². The highest BCUT2D eigenvalue weighted by molar-refractivity contribution is 7.92. The summed E-state index contributed by atoms with van der Waals surface area (Å²) in [6.45, 7) is 3.11. The van der Waals surface area contributed by atoms with Crippen LogP contribution in [0.15, 0.2) is 53.4 Å². The lowest BCUT2D eigenvalue weighted by Crippen LogP contribution is -2.13. The Kier molecular flexibility index (Phi) is 11.0. The van der Waals surface area contributed by atoms with Crippen LogP contribution in [0.3, 0.4) is 0 Å². The zero-order valence-corrected chi connectivity index (χ0v) is 21.3. The lowest BCUT2D eigenvalue weighted by Gasteiger charge is -2.11. The molecule has 2 aromatic carbocycles. The zero-order chi connectivity index (χ0) is 24.2. The standard InChI is InChI=1S/C24H37N3O4S2/c1-3-4-5-6-7-8-9-10-11-20-25-21-16-18-24(19-17-21)33(30,31)27-23-14-12-22(13-15-23)26-32(2,28)29/h12-19,25-27H,3-11,20H2,1-2H3. The van der Waals surface area contributed by atoms with Gasteiger partial charge in [0.25, 0.3) is 10.0 Å². The highest BCUT2D eigenvalue weighted by atomic mass is 32.2. The predicted octanol–water partition coefficient (Wildman–Crippen LogP) is 5.80. The van der Waals surface area contributed by atoms with Gasteiger partial charge in [-0.2, -0.15) is 0 Å². The van der Waals surface area contributed by atoms with Crippen molar-refractivity contribution in [2.24, 2.45) is 0 Å². The summed E-state index contributed by atoms with van der Waals surface area (Å²) in [6, 6.07) is 12.7. The molecule has 0 spiro atoms. The minimum absolute atomic E-state index is 0.162. The van der Waals surface area contributed by atoms with Crippen LogP contribution in [0.4, 0.5) is 17.1 Å². The van der Waals surface area contributed by atoms with Gasteiger partial charge in [0.1, 0.15) is 0 Å². The van der Waals surface area contributed by atoms with E-state index in [4.69, 9.17) is 0 Å². The number of benzene rings is 2. The lowest BCUT2D eigenvalue weighted by atomic mass is 10.1. The van der Waals surface area contributed by atoms with Gasteiger partial charge in [0.2, 0.25) is 10.0 Å². The average molecular weight is 496 g/mol. The summed E-state index contributed by atoms with van der Waals surface area (Å²) in [4.78, 5) is 0.162. The SMILES string of the molecule is CCCCCCCCCCCNc1ccc(S(=O)(=O)Nc2ccc(NS(C)(=O)=O)cc2)cc1. The maximum Gasteiger partial charge on any atom is 0.261 e. The number of hydrogen-bond donors (Lipinski definition) is 3. The predicted molar refractivity (Wildman–Crippen MR) is 138 cm³/mol. The molecule has 2 rings (SSSR count). The third kappa shape index (κ3) is 10.9. The van der Waals surface area contributed by atoms with Gasteiger partial charge >= 0.3 is 0 Å². The van der Waals surface area contributed by atoms with Crippen molar-refractivity contribution in [1.29, 1.82) is 0 Å². The van der Waals surface area contributed by atoms with Gasteiger partial charge < -0.3 is 5.32 Å². The van der Waals surface area contributed by atoms with Gasteiger partial charge in [0, 0.05) is 23.6 Å². The number of rotatable bonds is 16. The zero-order valence-electron chi connectivity index (χ0n) is 19.6. The molecule has 0 aliphatic rings. The summed E-state index contributed by atoms with van der Waals surface area (Å²) >= 11 is 0. The molecule has 0 saturated heterocycles. The molecule has 0 heterocycles. The third-order valence-electron chi connectivity index (χ3n) is 5.21. The fourth-order valence-electron chi connectivity index (χ4n) is 3.45. The number of unbranched alkanes of at least 4 members (excludes halogenated alkanes) is 8. The monoisotopic (exact) mass is 495 g/mol. The van der Waals surface area contributed by atoms with Gasteiger partial charge in [-0.15, -0.1) is 0 Å². The Morgan fingerprint density at radius 2 is 1.06 bits per heavy atom. The van der Waals surface area contributed by atoms with Gasteiger partial charge in [-0.1, -0.05) is 58.3 Å². The van der Waals surface area contributed by atoms with Crippen molar-refractivity contribution in [3.05, 3.63) is 48.5 Å². The Balaban J connectivity index is 1.74. The smallest absolute Gasteiger partial charge is 0.261 e. The molecule has 184 valence electrons. The fraction of sp³-hybridized carbons (Fsp3) is 0.500. The van der Waals surface area contributed by atoms with E-state index in [1.807, 2.05) is 0 Å². The van der Waals surface area contributed by atoms with Crippen molar-refractivity contribution < 1.29 is 16.8 Å². The molecule has 0 amide bonds. The third-order valence-corrected chi connectivity index (χ3v) is 7.22. The van der Waals surface area contributed by atoms with Gasteiger partial charge in [-0.25, -0.2) is 16.8 Å². The van der Waals surface area contributed by atoms with E-state index in [0.717, 1.165) is 24.9 Å². The summed E-state index contributed by atoms with van der Waals surface area (Å²) in [7, 11) is -7.12. The molecule has 7 nitrogen and oxygen atoms in total. The highest BCUT2D eigenvalue weighted by Crippen LogP contribution is 2.20. The number of nitrogens with one attached hydrogen (secondary N) is 3. The second-order valence-electron chi connectivity index (χ2n) is 8.34. The molecule has 2 aromatic rings. The van der Waals surface area contributed by atoms with Gasteiger partial charge in [0.15, 0.2) is 0 Å². The van der Waals surface area contributed by atoms with Crippen molar-refractivity contribution in [3.63, 3.8) is 0 Å². The van der Waals surface area contributed by atoms with Crippen LogP contribution in [0.5, 0.6) is 0 Å². The Hall–Kier alpha value is -2.26. The fourth-order valence-corrected chi connectivity index (χ4v) is 5.08. The van der Waals surface area contributed by atoms with Crippen molar-refractivity contribution in [2.45, 2.75) is 69.6 Å². The van der Waals surface area contributed by atoms with E-state index in [0.29, 0.717) is 11.4 Å². The number of anilines is 3. The van der Waals surface area contributed by atoms with Gasteiger partial charge in [0.05, 0.1) is 11.2 Å². The van der Waals surface area contributed by atoms with E-state index >= 15 is 0 Å². The number of sulfonamides is 2. The van der Waals surface area contributed by atoms with Crippen LogP contribution in [0, 0.1) is 0 Å².